The zero-order valence-corrected chi connectivity index (χ0v) is 15.4. The summed E-state index contributed by atoms with van der Waals surface area (Å²) < 4.78 is -0.251. The number of likely N-dealkylation sites (tertiary alicyclic amines) is 1. The molecule has 1 aromatic carbocycles. The maximum Gasteiger partial charge on any atom is 0.239 e. The summed E-state index contributed by atoms with van der Waals surface area (Å²) in [6, 6.07) is 10.7. The molecule has 1 heterocycles. The highest BCUT2D eigenvalue weighted by Gasteiger charge is 2.47. The van der Waals surface area contributed by atoms with Gasteiger partial charge in [-0.1, -0.05) is 31.0 Å². The fourth-order valence-corrected chi connectivity index (χ4v) is 5.32. The van der Waals surface area contributed by atoms with Crippen molar-refractivity contribution in [2.75, 3.05) is 13.1 Å². The Morgan fingerprint density at radius 1 is 1.30 bits per heavy atom. The van der Waals surface area contributed by atoms with Crippen molar-refractivity contribution in [1.82, 2.24) is 4.90 Å². The molecule has 128 valence electrons. The van der Waals surface area contributed by atoms with Crippen LogP contribution in [-0.4, -0.2) is 34.7 Å². The summed E-state index contributed by atoms with van der Waals surface area (Å²) in [5, 5.41) is 0. The molecule has 3 rings (SSSR count). The number of hydrogen-bond donors (Lipinski definition) is 1. The van der Waals surface area contributed by atoms with E-state index in [4.69, 9.17) is 5.73 Å². The van der Waals surface area contributed by atoms with Gasteiger partial charge >= 0.3 is 0 Å². The smallest absolute Gasteiger partial charge is 0.239 e. The first-order valence-corrected chi connectivity index (χ1v) is 9.21. The van der Waals surface area contributed by atoms with Crippen molar-refractivity contribution in [3.05, 3.63) is 30.3 Å². The number of halogens is 1. The molecule has 3 nitrogen and oxygen atoms in total. The van der Waals surface area contributed by atoms with Crippen LogP contribution in [0.4, 0.5) is 0 Å². The summed E-state index contributed by atoms with van der Waals surface area (Å²) in [4.78, 5) is 16.6. The summed E-state index contributed by atoms with van der Waals surface area (Å²) in [6.45, 7) is 3.70. The minimum absolute atomic E-state index is 0. The maximum atomic E-state index is 13.3. The van der Waals surface area contributed by atoms with Gasteiger partial charge in [-0.15, -0.1) is 24.2 Å². The number of thioether (sulfide) groups is 1. The molecule has 2 N–H and O–H groups in total. The van der Waals surface area contributed by atoms with E-state index in [0.717, 1.165) is 38.6 Å². The van der Waals surface area contributed by atoms with Gasteiger partial charge in [0.25, 0.3) is 0 Å². The molecule has 0 aromatic heterocycles. The Morgan fingerprint density at radius 2 is 1.96 bits per heavy atom. The van der Waals surface area contributed by atoms with E-state index in [0.29, 0.717) is 24.4 Å². The van der Waals surface area contributed by atoms with Gasteiger partial charge in [0.1, 0.15) is 0 Å². The third kappa shape index (κ3) is 3.86. The summed E-state index contributed by atoms with van der Waals surface area (Å²) >= 11 is 1.78. The molecule has 1 amide bonds. The van der Waals surface area contributed by atoms with Crippen molar-refractivity contribution in [3.63, 3.8) is 0 Å². The van der Waals surface area contributed by atoms with Crippen LogP contribution >= 0.6 is 24.2 Å². The third-order valence-corrected chi connectivity index (χ3v) is 6.59. The topological polar surface area (TPSA) is 46.3 Å². The van der Waals surface area contributed by atoms with Crippen LogP contribution in [0.25, 0.3) is 0 Å². The number of hydrogen-bond acceptors (Lipinski definition) is 3. The molecule has 23 heavy (non-hydrogen) atoms. The van der Waals surface area contributed by atoms with Crippen molar-refractivity contribution in [2.45, 2.75) is 54.7 Å². The molecular weight excluding hydrogens is 328 g/mol. The predicted octanol–water partition coefficient (Wildman–Crippen LogP) is 3.71. The van der Waals surface area contributed by atoms with Gasteiger partial charge in [0.15, 0.2) is 0 Å². The van der Waals surface area contributed by atoms with E-state index < -0.39 is 0 Å². The average Bonchev–Trinajstić information content (AvgIpc) is 3.15. The van der Waals surface area contributed by atoms with E-state index in [1.54, 1.807) is 11.8 Å². The molecule has 1 aliphatic carbocycles. The highest BCUT2D eigenvalue weighted by molar-refractivity contribution is 8.01. The molecule has 2 fully saturated rings. The van der Waals surface area contributed by atoms with Gasteiger partial charge in [-0.05, 0) is 50.8 Å². The van der Waals surface area contributed by atoms with Gasteiger partial charge in [0.05, 0.1) is 4.75 Å². The quantitative estimate of drug-likeness (QED) is 0.896. The van der Waals surface area contributed by atoms with E-state index in [1.165, 1.54) is 4.90 Å². The Bertz CT molecular complexity index is 519. The van der Waals surface area contributed by atoms with E-state index in [1.807, 2.05) is 6.07 Å². The Morgan fingerprint density at radius 3 is 2.52 bits per heavy atom. The van der Waals surface area contributed by atoms with Gasteiger partial charge in [-0.3, -0.25) is 4.79 Å². The Kier molecular flexibility index (Phi) is 6.40. The first-order valence-electron chi connectivity index (χ1n) is 8.40. The van der Waals surface area contributed by atoms with Crippen LogP contribution in [0.3, 0.4) is 0 Å². The Labute approximate surface area is 149 Å². The number of benzene rings is 1. The SMILES string of the molecule is CC1CC(CN)CN1C(=O)C1(Sc2ccccc2)CCCC1.Cl. The van der Waals surface area contributed by atoms with Crippen LogP contribution < -0.4 is 5.73 Å². The normalized spacial score (nSPS) is 26.1. The first kappa shape index (κ1) is 18.6. The number of amides is 1. The van der Waals surface area contributed by atoms with Crippen LogP contribution in [0.2, 0.25) is 0 Å². The molecule has 0 spiro atoms. The monoisotopic (exact) mass is 354 g/mol. The molecule has 2 aliphatic rings. The van der Waals surface area contributed by atoms with Crippen molar-refractivity contribution in [3.8, 4) is 0 Å². The van der Waals surface area contributed by atoms with Gasteiger partial charge in [-0.2, -0.15) is 0 Å². The lowest BCUT2D eigenvalue weighted by molar-refractivity contribution is -0.134. The number of nitrogens with two attached hydrogens (primary N) is 1. The second-order valence-electron chi connectivity index (χ2n) is 6.76. The number of carbonyl (C=O) groups excluding carboxylic acids is 1. The number of carbonyl (C=O) groups is 1. The maximum absolute atomic E-state index is 13.3. The van der Waals surface area contributed by atoms with Gasteiger partial charge in [-0.25, -0.2) is 0 Å². The molecule has 5 heteroatoms. The van der Waals surface area contributed by atoms with Gasteiger partial charge in [0, 0.05) is 17.5 Å². The van der Waals surface area contributed by atoms with Crippen LogP contribution in [0.5, 0.6) is 0 Å². The second-order valence-corrected chi connectivity index (χ2v) is 8.22. The van der Waals surface area contributed by atoms with Crippen molar-refractivity contribution in [1.29, 1.82) is 0 Å². The minimum Gasteiger partial charge on any atom is -0.338 e. The largest absolute Gasteiger partial charge is 0.338 e. The van der Waals surface area contributed by atoms with E-state index in [9.17, 15) is 4.79 Å². The third-order valence-electron chi connectivity index (χ3n) is 5.11. The second kappa shape index (κ2) is 7.91. The molecule has 2 atom stereocenters. The van der Waals surface area contributed by atoms with Crippen LogP contribution in [0.15, 0.2) is 35.2 Å². The summed E-state index contributed by atoms with van der Waals surface area (Å²) in [5.41, 5.74) is 5.83. The molecule has 0 bridgehead atoms. The molecule has 1 aliphatic heterocycles. The van der Waals surface area contributed by atoms with Crippen molar-refractivity contribution < 1.29 is 4.79 Å². The van der Waals surface area contributed by atoms with Crippen molar-refractivity contribution in [2.24, 2.45) is 11.7 Å². The first-order chi connectivity index (χ1) is 10.6. The summed E-state index contributed by atoms with van der Waals surface area (Å²) in [6.07, 6.45) is 5.38. The van der Waals surface area contributed by atoms with Crippen LogP contribution in [-0.2, 0) is 4.79 Å². The molecule has 1 saturated heterocycles. The van der Waals surface area contributed by atoms with Crippen LogP contribution in [0.1, 0.15) is 39.0 Å². The minimum atomic E-state index is -0.251. The molecule has 1 saturated carbocycles. The van der Waals surface area contributed by atoms with Crippen LogP contribution in [0, 0.1) is 5.92 Å². The molecule has 2 unspecified atom stereocenters. The van der Waals surface area contributed by atoms with Gasteiger partial charge in [0.2, 0.25) is 5.91 Å². The lowest BCUT2D eigenvalue weighted by Gasteiger charge is -2.34. The van der Waals surface area contributed by atoms with E-state index in [-0.39, 0.29) is 17.2 Å². The predicted molar refractivity (Wildman–Crippen MR) is 99.1 cm³/mol. The fourth-order valence-electron chi connectivity index (χ4n) is 3.88. The lowest BCUT2D eigenvalue weighted by atomic mass is 10.0. The summed E-state index contributed by atoms with van der Waals surface area (Å²) in [5.74, 6) is 0.821. The highest BCUT2D eigenvalue weighted by Crippen LogP contribution is 2.47. The Hall–Kier alpha value is -0.710. The zero-order valence-electron chi connectivity index (χ0n) is 13.7. The highest BCUT2D eigenvalue weighted by atomic mass is 35.5. The molecule has 1 aromatic rings. The molecular formula is C18H27ClN2OS. The average molecular weight is 355 g/mol. The Balaban J connectivity index is 0.00000192. The lowest BCUT2D eigenvalue weighted by Crippen LogP contribution is -2.47. The standard InChI is InChI=1S/C18H26N2OS.ClH/c1-14-11-15(12-19)13-20(14)17(21)18(9-5-6-10-18)22-16-7-3-2-4-8-16;/h2-4,7-8,14-15H,5-6,9-13,19H2,1H3;1H. The van der Waals surface area contributed by atoms with Gasteiger partial charge < -0.3 is 10.6 Å². The summed E-state index contributed by atoms with van der Waals surface area (Å²) in [7, 11) is 0. The number of rotatable bonds is 4. The van der Waals surface area contributed by atoms with Crippen molar-refractivity contribution >= 4 is 30.1 Å². The van der Waals surface area contributed by atoms with E-state index in [2.05, 4.69) is 36.1 Å². The fraction of sp³-hybridized carbons (Fsp3) is 0.611. The zero-order chi connectivity index (χ0) is 15.6. The molecule has 0 radical (unpaired) electrons. The van der Waals surface area contributed by atoms with E-state index >= 15 is 0 Å². The number of nitrogens with zero attached hydrogens (tertiary/aromatic N) is 1.